The van der Waals surface area contributed by atoms with E-state index >= 15 is 0 Å². The lowest BCUT2D eigenvalue weighted by atomic mass is 9.53. The maximum atomic E-state index is 11.1. The maximum absolute atomic E-state index is 11.1. The van der Waals surface area contributed by atoms with Crippen LogP contribution in [0.2, 0.25) is 0 Å². The third kappa shape index (κ3) is 1.41. The summed E-state index contributed by atoms with van der Waals surface area (Å²) in [6.45, 7) is 9.46. The molecule has 2 aliphatic rings. The Morgan fingerprint density at radius 2 is 1.87 bits per heavy atom. The van der Waals surface area contributed by atoms with E-state index in [0.717, 1.165) is 31.5 Å². The summed E-state index contributed by atoms with van der Waals surface area (Å²) < 4.78 is 5.56. The fourth-order valence-corrected chi connectivity index (χ4v) is 2.99. The van der Waals surface area contributed by atoms with Crippen LogP contribution in [0, 0.1) is 5.41 Å². The number of rotatable bonds is 2. The molecule has 15 heavy (non-hydrogen) atoms. The van der Waals surface area contributed by atoms with Crippen molar-refractivity contribution in [3.63, 3.8) is 0 Å². The van der Waals surface area contributed by atoms with E-state index in [4.69, 9.17) is 4.74 Å². The molecule has 1 aliphatic heterocycles. The fourth-order valence-electron chi connectivity index (χ4n) is 2.99. The van der Waals surface area contributed by atoms with Gasteiger partial charge in [-0.1, -0.05) is 6.58 Å². The predicted molar refractivity (Wildman–Crippen MR) is 58.5 cm³/mol. The lowest BCUT2D eigenvalue weighted by Crippen LogP contribution is -2.69. The molecule has 0 radical (unpaired) electrons. The van der Waals surface area contributed by atoms with Gasteiger partial charge in [0.2, 0.25) is 5.91 Å². The molecule has 0 aromatic carbocycles. The zero-order valence-electron chi connectivity index (χ0n) is 9.80. The van der Waals surface area contributed by atoms with E-state index in [2.05, 4.69) is 6.58 Å². The smallest absolute Gasteiger partial charge is 0.219 e. The zero-order chi connectivity index (χ0) is 11.3. The number of hydrogen-bond donors (Lipinski definition) is 0. The first-order chi connectivity index (χ1) is 6.93. The summed E-state index contributed by atoms with van der Waals surface area (Å²) in [6.07, 6.45) is 2.05. The highest BCUT2D eigenvalue weighted by molar-refractivity contribution is 5.74. The van der Waals surface area contributed by atoms with Crippen molar-refractivity contribution >= 4 is 5.91 Å². The zero-order valence-corrected chi connectivity index (χ0v) is 9.80. The average molecular weight is 209 g/mol. The normalized spacial score (nSPS) is 25.7. The van der Waals surface area contributed by atoms with Gasteiger partial charge in [-0.3, -0.25) is 4.79 Å². The summed E-state index contributed by atoms with van der Waals surface area (Å²) >= 11 is 0. The second-order valence-corrected chi connectivity index (χ2v) is 5.21. The van der Waals surface area contributed by atoms with Gasteiger partial charge in [-0.05, 0) is 25.3 Å². The van der Waals surface area contributed by atoms with E-state index in [9.17, 15) is 4.79 Å². The summed E-state index contributed by atoms with van der Waals surface area (Å²) in [7, 11) is 1.75. The van der Waals surface area contributed by atoms with Crippen molar-refractivity contribution in [3.8, 4) is 0 Å². The molecule has 0 aromatic heterocycles. The van der Waals surface area contributed by atoms with Gasteiger partial charge in [-0.25, -0.2) is 0 Å². The van der Waals surface area contributed by atoms with Crippen molar-refractivity contribution in [2.24, 2.45) is 5.41 Å². The fraction of sp³-hybridized carbons (Fsp3) is 0.750. The van der Waals surface area contributed by atoms with Crippen LogP contribution in [0.1, 0.15) is 26.7 Å². The Morgan fingerprint density at radius 1 is 1.33 bits per heavy atom. The van der Waals surface area contributed by atoms with Crippen molar-refractivity contribution in [2.75, 3.05) is 20.2 Å². The van der Waals surface area contributed by atoms with Gasteiger partial charge in [0.25, 0.3) is 0 Å². The van der Waals surface area contributed by atoms with Crippen molar-refractivity contribution in [1.29, 1.82) is 0 Å². The first-order valence-corrected chi connectivity index (χ1v) is 5.40. The molecule has 0 N–H and O–H groups in total. The summed E-state index contributed by atoms with van der Waals surface area (Å²) in [5.41, 5.74) is 1.33. The first-order valence-electron chi connectivity index (χ1n) is 5.40. The van der Waals surface area contributed by atoms with E-state index in [1.807, 2.05) is 11.8 Å². The first kappa shape index (κ1) is 10.7. The SMILES string of the molecule is C=C(C)C1(OC)CC2(CN(C(C)=O)C2)C1. The lowest BCUT2D eigenvalue weighted by molar-refractivity contribution is -0.190. The molecule has 2 rings (SSSR count). The molecule has 1 aliphatic carbocycles. The van der Waals surface area contributed by atoms with E-state index in [1.54, 1.807) is 14.0 Å². The number of methoxy groups -OCH3 is 1. The second-order valence-electron chi connectivity index (χ2n) is 5.21. The summed E-state index contributed by atoms with van der Waals surface area (Å²) in [5, 5.41) is 0. The minimum atomic E-state index is -0.108. The van der Waals surface area contributed by atoms with Crippen LogP contribution in [0.25, 0.3) is 0 Å². The van der Waals surface area contributed by atoms with Crippen LogP contribution in [-0.2, 0) is 9.53 Å². The van der Waals surface area contributed by atoms with E-state index in [-0.39, 0.29) is 11.5 Å². The van der Waals surface area contributed by atoms with Gasteiger partial charge >= 0.3 is 0 Å². The molecule has 1 amide bonds. The topological polar surface area (TPSA) is 29.5 Å². The Balaban J connectivity index is 1.94. The Hall–Kier alpha value is -0.830. The number of carbonyl (C=O) groups is 1. The number of hydrogen-bond acceptors (Lipinski definition) is 2. The molecular weight excluding hydrogens is 190 g/mol. The second kappa shape index (κ2) is 3.08. The molecule has 3 nitrogen and oxygen atoms in total. The largest absolute Gasteiger partial charge is 0.374 e. The van der Waals surface area contributed by atoms with Crippen LogP contribution in [-0.4, -0.2) is 36.6 Å². The van der Waals surface area contributed by atoms with Gasteiger partial charge in [0.1, 0.15) is 0 Å². The summed E-state index contributed by atoms with van der Waals surface area (Å²) in [5.74, 6) is 0.186. The molecule has 1 saturated carbocycles. The van der Waals surface area contributed by atoms with E-state index in [1.165, 1.54) is 0 Å². The number of likely N-dealkylation sites (tertiary alicyclic amines) is 1. The van der Waals surface area contributed by atoms with Crippen LogP contribution >= 0.6 is 0 Å². The minimum Gasteiger partial charge on any atom is -0.374 e. The van der Waals surface area contributed by atoms with Gasteiger partial charge < -0.3 is 9.64 Å². The van der Waals surface area contributed by atoms with Gasteiger partial charge in [0.15, 0.2) is 0 Å². The van der Waals surface area contributed by atoms with Gasteiger partial charge in [0, 0.05) is 32.5 Å². The van der Waals surface area contributed by atoms with Gasteiger partial charge in [0.05, 0.1) is 5.60 Å². The van der Waals surface area contributed by atoms with Crippen LogP contribution < -0.4 is 0 Å². The van der Waals surface area contributed by atoms with E-state index < -0.39 is 0 Å². The standard InChI is InChI=1S/C12H19NO2/c1-9(2)12(15-4)5-11(6-12)7-13(8-11)10(3)14/h1,5-8H2,2-4H3. The molecular formula is C12H19NO2. The Morgan fingerprint density at radius 3 is 2.20 bits per heavy atom. The Labute approximate surface area is 91.1 Å². The van der Waals surface area contributed by atoms with Gasteiger partial charge in [-0.15, -0.1) is 0 Å². The molecule has 1 saturated heterocycles. The summed E-state index contributed by atoms with van der Waals surface area (Å²) in [6, 6.07) is 0. The van der Waals surface area contributed by atoms with Crippen LogP contribution in [0.4, 0.5) is 0 Å². The average Bonchev–Trinajstić information content (AvgIpc) is 1.99. The van der Waals surface area contributed by atoms with Crippen molar-refractivity contribution in [3.05, 3.63) is 12.2 Å². The van der Waals surface area contributed by atoms with Crippen molar-refractivity contribution in [2.45, 2.75) is 32.3 Å². The van der Waals surface area contributed by atoms with Crippen molar-refractivity contribution in [1.82, 2.24) is 4.90 Å². The summed E-state index contributed by atoms with van der Waals surface area (Å²) in [4.78, 5) is 13.0. The number of carbonyl (C=O) groups excluding carboxylic acids is 1. The molecule has 3 heteroatoms. The Bertz CT molecular complexity index is 308. The molecule has 0 aromatic rings. The lowest BCUT2D eigenvalue weighted by Gasteiger charge is -2.63. The van der Waals surface area contributed by atoms with E-state index in [0.29, 0.717) is 5.41 Å². The monoisotopic (exact) mass is 209 g/mol. The molecule has 0 unspecified atom stereocenters. The molecule has 0 bridgehead atoms. The highest BCUT2D eigenvalue weighted by atomic mass is 16.5. The molecule has 1 heterocycles. The van der Waals surface area contributed by atoms with Crippen molar-refractivity contribution < 1.29 is 9.53 Å². The Kier molecular flexibility index (Phi) is 2.19. The molecule has 1 spiro atoms. The predicted octanol–water partition coefficient (Wildman–Crippen LogP) is 1.59. The van der Waals surface area contributed by atoms with Crippen LogP contribution in [0.3, 0.4) is 0 Å². The quantitative estimate of drug-likeness (QED) is 0.646. The molecule has 2 fully saturated rings. The number of nitrogens with zero attached hydrogens (tertiary/aromatic N) is 1. The number of amides is 1. The number of ether oxygens (including phenoxy) is 1. The minimum absolute atomic E-state index is 0.108. The van der Waals surface area contributed by atoms with Crippen LogP contribution in [0.15, 0.2) is 12.2 Å². The highest BCUT2D eigenvalue weighted by Crippen LogP contribution is 2.57. The molecule has 84 valence electrons. The van der Waals surface area contributed by atoms with Crippen LogP contribution in [0.5, 0.6) is 0 Å². The maximum Gasteiger partial charge on any atom is 0.219 e. The molecule has 0 atom stereocenters. The third-order valence-corrected chi connectivity index (χ3v) is 3.99. The van der Waals surface area contributed by atoms with Gasteiger partial charge in [-0.2, -0.15) is 0 Å². The highest BCUT2D eigenvalue weighted by Gasteiger charge is 2.61. The third-order valence-electron chi connectivity index (χ3n) is 3.99.